The summed E-state index contributed by atoms with van der Waals surface area (Å²) in [4.78, 5) is 27.7. The fourth-order valence-electron chi connectivity index (χ4n) is 1.41. The molecular formula is C15H19N3O2. The molecule has 20 heavy (non-hydrogen) atoms. The molecule has 1 aliphatic heterocycles. The maximum atomic E-state index is 12.1. The summed E-state index contributed by atoms with van der Waals surface area (Å²) in [6.45, 7) is 10.8. The summed E-state index contributed by atoms with van der Waals surface area (Å²) in [6.07, 6.45) is 3.14. The number of allylic oxidation sites excluding steroid dienone is 3. The van der Waals surface area contributed by atoms with Crippen molar-refractivity contribution < 1.29 is 9.59 Å². The molecule has 5 heteroatoms. The molecule has 0 aromatic heterocycles. The number of rotatable bonds is 4. The van der Waals surface area contributed by atoms with Gasteiger partial charge in [-0.15, -0.1) is 0 Å². The molecule has 0 unspecified atom stereocenters. The summed E-state index contributed by atoms with van der Waals surface area (Å²) < 4.78 is 0. The second-order valence-corrected chi connectivity index (χ2v) is 4.66. The van der Waals surface area contributed by atoms with Gasteiger partial charge in [-0.1, -0.05) is 26.2 Å². The van der Waals surface area contributed by atoms with E-state index < -0.39 is 5.91 Å². The zero-order valence-corrected chi connectivity index (χ0v) is 12.2. The van der Waals surface area contributed by atoms with Gasteiger partial charge in [0.15, 0.2) is 5.82 Å². The minimum Gasteiger partial charge on any atom is -0.305 e. The molecule has 0 bridgehead atoms. The number of aliphatic imine (C=N–C) groups is 1. The van der Waals surface area contributed by atoms with Crippen molar-refractivity contribution in [3.8, 4) is 0 Å². The first-order valence-corrected chi connectivity index (χ1v) is 6.34. The summed E-state index contributed by atoms with van der Waals surface area (Å²) in [5.41, 5.74) is 4.50. The Morgan fingerprint density at radius 1 is 1.40 bits per heavy atom. The standard InChI is InChI=1S/C15H19N3O2/c1-6-7-12(17-14(19)9(2)3)18-15(20)13-11(5)10(4)8-16-13/h6,8-9H,4H2,1-3,5H3,(H,17,19)(H,18,20). The number of hydrogen-bond acceptors (Lipinski definition) is 3. The van der Waals surface area contributed by atoms with E-state index in [1.54, 1.807) is 33.8 Å². The Labute approximate surface area is 118 Å². The van der Waals surface area contributed by atoms with Gasteiger partial charge in [-0.2, -0.15) is 0 Å². The Kier molecular flexibility index (Phi) is 5.23. The van der Waals surface area contributed by atoms with Crippen LogP contribution in [0.3, 0.4) is 0 Å². The Morgan fingerprint density at radius 3 is 2.50 bits per heavy atom. The van der Waals surface area contributed by atoms with Crippen molar-refractivity contribution >= 4 is 18.0 Å². The lowest BCUT2D eigenvalue weighted by Crippen LogP contribution is -2.37. The molecule has 1 rings (SSSR count). The van der Waals surface area contributed by atoms with Crippen LogP contribution in [0, 0.1) is 5.92 Å². The van der Waals surface area contributed by atoms with Crippen LogP contribution in [-0.2, 0) is 9.59 Å². The molecule has 106 valence electrons. The van der Waals surface area contributed by atoms with E-state index in [1.165, 1.54) is 6.21 Å². The van der Waals surface area contributed by atoms with Crippen molar-refractivity contribution in [1.82, 2.24) is 10.6 Å². The van der Waals surface area contributed by atoms with Crippen LogP contribution < -0.4 is 10.6 Å². The first-order chi connectivity index (χ1) is 9.36. The Morgan fingerprint density at radius 2 is 2.05 bits per heavy atom. The van der Waals surface area contributed by atoms with E-state index in [1.807, 2.05) is 0 Å². The van der Waals surface area contributed by atoms with Crippen molar-refractivity contribution in [3.05, 3.63) is 41.1 Å². The predicted octanol–water partition coefficient (Wildman–Crippen LogP) is 1.81. The molecule has 1 heterocycles. The van der Waals surface area contributed by atoms with Gasteiger partial charge in [0, 0.05) is 12.1 Å². The molecule has 0 atom stereocenters. The molecule has 5 nitrogen and oxygen atoms in total. The highest BCUT2D eigenvalue weighted by Gasteiger charge is 2.19. The van der Waals surface area contributed by atoms with Gasteiger partial charge in [-0.05, 0) is 31.1 Å². The molecule has 0 fully saturated rings. The highest BCUT2D eigenvalue weighted by atomic mass is 16.2. The first kappa shape index (κ1) is 15.7. The zero-order chi connectivity index (χ0) is 15.3. The lowest BCUT2D eigenvalue weighted by atomic mass is 10.1. The predicted molar refractivity (Wildman–Crippen MR) is 78.7 cm³/mol. The van der Waals surface area contributed by atoms with E-state index in [9.17, 15) is 9.59 Å². The number of amides is 2. The number of carbonyl (C=O) groups excluding carboxylic acids is 2. The van der Waals surface area contributed by atoms with Gasteiger partial charge in [0.05, 0.1) is 0 Å². The molecule has 0 aromatic carbocycles. The van der Waals surface area contributed by atoms with Gasteiger partial charge in [0.1, 0.15) is 5.70 Å². The van der Waals surface area contributed by atoms with Gasteiger partial charge in [-0.25, -0.2) is 0 Å². The number of hydrogen-bond donors (Lipinski definition) is 2. The SMILES string of the molecule is C=C1C=NC(C(=O)NC(=C=CC)NC(=O)C(C)C)=C1C. The summed E-state index contributed by atoms with van der Waals surface area (Å²) in [5.74, 6) is -0.569. The quantitative estimate of drug-likeness (QED) is 0.767. The molecule has 2 amide bonds. The van der Waals surface area contributed by atoms with E-state index >= 15 is 0 Å². The van der Waals surface area contributed by atoms with Crippen LogP contribution in [0.15, 0.2) is 46.0 Å². The lowest BCUT2D eigenvalue weighted by Gasteiger charge is -2.11. The molecule has 0 saturated carbocycles. The fourth-order valence-corrected chi connectivity index (χ4v) is 1.41. The van der Waals surface area contributed by atoms with Gasteiger partial charge in [0.2, 0.25) is 5.91 Å². The second kappa shape index (κ2) is 6.68. The van der Waals surface area contributed by atoms with Crippen molar-refractivity contribution in [2.75, 3.05) is 0 Å². The fraction of sp³-hybridized carbons (Fsp3) is 0.333. The van der Waals surface area contributed by atoms with Crippen LogP contribution in [-0.4, -0.2) is 18.0 Å². The van der Waals surface area contributed by atoms with Crippen LogP contribution in [0.2, 0.25) is 0 Å². The van der Waals surface area contributed by atoms with Crippen molar-refractivity contribution in [2.45, 2.75) is 27.7 Å². The van der Waals surface area contributed by atoms with Crippen LogP contribution in [0.1, 0.15) is 27.7 Å². The molecule has 0 aromatic rings. The van der Waals surface area contributed by atoms with E-state index in [0.717, 1.165) is 5.57 Å². The topological polar surface area (TPSA) is 70.6 Å². The van der Waals surface area contributed by atoms with E-state index in [4.69, 9.17) is 0 Å². The van der Waals surface area contributed by atoms with Crippen LogP contribution in [0.4, 0.5) is 0 Å². The maximum Gasteiger partial charge on any atom is 0.276 e. The first-order valence-electron chi connectivity index (χ1n) is 6.34. The normalized spacial score (nSPS) is 13.3. The summed E-state index contributed by atoms with van der Waals surface area (Å²) in [6, 6.07) is 0. The number of nitrogens with one attached hydrogen (secondary N) is 2. The number of nitrogens with zero attached hydrogens (tertiary/aromatic N) is 1. The molecule has 0 radical (unpaired) electrons. The van der Waals surface area contributed by atoms with Gasteiger partial charge in [0.25, 0.3) is 5.91 Å². The molecular weight excluding hydrogens is 254 g/mol. The second-order valence-electron chi connectivity index (χ2n) is 4.66. The average Bonchev–Trinajstić information content (AvgIpc) is 2.70. The highest BCUT2D eigenvalue weighted by Crippen LogP contribution is 2.19. The van der Waals surface area contributed by atoms with E-state index in [-0.39, 0.29) is 17.6 Å². The lowest BCUT2D eigenvalue weighted by molar-refractivity contribution is -0.123. The van der Waals surface area contributed by atoms with Crippen LogP contribution in [0.5, 0.6) is 0 Å². The Hall–Kier alpha value is -2.39. The minimum absolute atomic E-state index is 0.189. The molecule has 0 saturated heterocycles. The van der Waals surface area contributed by atoms with Crippen LogP contribution >= 0.6 is 0 Å². The summed E-state index contributed by atoms with van der Waals surface area (Å²) >= 11 is 0. The third-order valence-corrected chi connectivity index (χ3v) is 2.70. The smallest absolute Gasteiger partial charge is 0.276 e. The van der Waals surface area contributed by atoms with Crippen molar-refractivity contribution in [1.29, 1.82) is 0 Å². The minimum atomic E-state index is -0.397. The maximum absolute atomic E-state index is 12.1. The van der Waals surface area contributed by atoms with E-state index in [2.05, 4.69) is 27.9 Å². The van der Waals surface area contributed by atoms with Crippen molar-refractivity contribution in [3.63, 3.8) is 0 Å². The highest BCUT2D eigenvalue weighted by molar-refractivity contribution is 6.03. The third kappa shape index (κ3) is 3.80. The molecule has 0 spiro atoms. The largest absolute Gasteiger partial charge is 0.305 e. The van der Waals surface area contributed by atoms with E-state index in [0.29, 0.717) is 11.3 Å². The van der Waals surface area contributed by atoms with Gasteiger partial charge in [-0.3, -0.25) is 19.9 Å². The van der Waals surface area contributed by atoms with Crippen molar-refractivity contribution in [2.24, 2.45) is 10.9 Å². The summed E-state index contributed by atoms with van der Waals surface area (Å²) in [5, 5.41) is 5.19. The summed E-state index contributed by atoms with van der Waals surface area (Å²) in [7, 11) is 0. The Balaban J connectivity index is 2.86. The van der Waals surface area contributed by atoms with Gasteiger partial charge < -0.3 is 5.32 Å². The third-order valence-electron chi connectivity index (χ3n) is 2.70. The average molecular weight is 273 g/mol. The molecule has 0 aliphatic carbocycles. The zero-order valence-electron chi connectivity index (χ0n) is 12.2. The molecule has 2 N–H and O–H groups in total. The monoisotopic (exact) mass is 273 g/mol. The number of carbonyl (C=O) groups is 2. The van der Waals surface area contributed by atoms with Crippen LogP contribution in [0.25, 0.3) is 0 Å². The van der Waals surface area contributed by atoms with Gasteiger partial charge >= 0.3 is 0 Å². The molecule has 1 aliphatic rings. The Bertz CT molecular complexity index is 574.